The predicted octanol–water partition coefficient (Wildman–Crippen LogP) is 5.60. The van der Waals surface area contributed by atoms with E-state index in [0.717, 1.165) is 18.7 Å². The van der Waals surface area contributed by atoms with E-state index in [1.54, 1.807) is 12.1 Å². The first-order valence-electron chi connectivity index (χ1n) is 10.7. The third-order valence-electron chi connectivity index (χ3n) is 5.84. The van der Waals surface area contributed by atoms with Crippen LogP contribution in [-0.4, -0.2) is 47.1 Å². The van der Waals surface area contributed by atoms with Crippen LogP contribution in [0.5, 0.6) is 0 Å². The molecule has 0 aromatic heterocycles. The molecule has 0 radical (unpaired) electrons. The summed E-state index contributed by atoms with van der Waals surface area (Å²) in [6, 6.07) is 10.9. The summed E-state index contributed by atoms with van der Waals surface area (Å²) in [7, 11) is 0. The van der Waals surface area contributed by atoms with Crippen molar-refractivity contribution in [2.75, 3.05) is 13.1 Å². The highest BCUT2D eigenvalue weighted by Gasteiger charge is 2.34. The van der Waals surface area contributed by atoms with E-state index in [2.05, 4.69) is 71.3 Å². The van der Waals surface area contributed by atoms with E-state index in [4.69, 9.17) is 0 Å². The Labute approximate surface area is 172 Å². The van der Waals surface area contributed by atoms with Gasteiger partial charge in [0.05, 0.1) is 11.5 Å². The molecular formula is C24H40FN3. The lowest BCUT2D eigenvalue weighted by Gasteiger charge is -2.37. The fraction of sp³-hybridized carbons (Fsp3) is 0.708. The van der Waals surface area contributed by atoms with Crippen molar-refractivity contribution in [3.8, 4) is 6.07 Å². The van der Waals surface area contributed by atoms with Gasteiger partial charge in [-0.25, -0.2) is 4.39 Å². The number of nitrogens with zero attached hydrogens (tertiary/aromatic N) is 3. The fourth-order valence-corrected chi connectivity index (χ4v) is 4.24. The number of hydrogen-bond acceptors (Lipinski definition) is 3. The second-order valence-corrected chi connectivity index (χ2v) is 9.05. The van der Waals surface area contributed by atoms with Crippen molar-refractivity contribution in [3.05, 3.63) is 35.6 Å². The van der Waals surface area contributed by atoms with E-state index in [0.29, 0.717) is 37.0 Å². The van der Waals surface area contributed by atoms with E-state index < -0.39 is 5.41 Å². The molecule has 0 unspecified atom stereocenters. The number of halogens is 1. The van der Waals surface area contributed by atoms with Crippen LogP contribution in [0.25, 0.3) is 0 Å². The van der Waals surface area contributed by atoms with Gasteiger partial charge in [0.2, 0.25) is 0 Å². The number of nitriles is 1. The first-order chi connectivity index (χ1) is 13.0. The van der Waals surface area contributed by atoms with Gasteiger partial charge in [0.25, 0.3) is 0 Å². The smallest absolute Gasteiger partial charge is 0.123 e. The van der Waals surface area contributed by atoms with Crippen LogP contribution in [0.1, 0.15) is 73.8 Å². The van der Waals surface area contributed by atoms with Crippen molar-refractivity contribution in [1.29, 1.82) is 5.26 Å². The quantitative estimate of drug-likeness (QED) is 0.493. The Balaban J connectivity index is 3.20. The van der Waals surface area contributed by atoms with Gasteiger partial charge in [0.15, 0.2) is 0 Å². The Bertz CT molecular complexity index is 591. The highest BCUT2D eigenvalue weighted by Crippen LogP contribution is 2.33. The number of rotatable bonds is 11. The summed E-state index contributed by atoms with van der Waals surface area (Å²) in [6.07, 6.45) is 1.40. The van der Waals surface area contributed by atoms with Crippen LogP contribution in [-0.2, 0) is 5.41 Å². The second kappa shape index (κ2) is 10.9. The first kappa shape index (κ1) is 24.6. The monoisotopic (exact) mass is 389 g/mol. The van der Waals surface area contributed by atoms with Crippen molar-refractivity contribution < 1.29 is 4.39 Å². The molecule has 3 nitrogen and oxygen atoms in total. The minimum absolute atomic E-state index is 0.272. The van der Waals surface area contributed by atoms with Gasteiger partial charge in [0, 0.05) is 37.3 Å². The van der Waals surface area contributed by atoms with Crippen molar-refractivity contribution in [2.24, 2.45) is 0 Å². The standard InChI is InChI=1S/C24H40FN3/c1-18(2)27(19(3)4)14-12-24(17-26,22-10-9-11-23(25)16-22)13-15-28(20(5)6)21(7)8/h9-11,16,18-21H,12-15H2,1-8H3. The van der Waals surface area contributed by atoms with Crippen LogP contribution in [0.15, 0.2) is 24.3 Å². The zero-order chi connectivity index (χ0) is 21.5. The lowest BCUT2D eigenvalue weighted by atomic mass is 9.75. The topological polar surface area (TPSA) is 30.3 Å². The van der Waals surface area contributed by atoms with Crippen LogP contribution in [0.3, 0.4) is 0 Å². The molecule has 4 heteroatoms. The molecule has 0 spiro atoms. The Hall–Kier alpha value is -1.44. The van der Waals surface area contributed by atoms with Gasteiger partial charge in [-0.2, -0.15) is 5.26 Å². The Kier molecular flexibility index (Phi) is 9.60. The molecule has 0 bridgehead atoms. The molecule has 0 aliphatic carbocycles. The van der Waals surface area contributed by atoms with Crippen LogP contribution >= 0.6 is 0 Å². The van der Waals surface area contributed by atoms with Crippen LogP contribution in [0, 0.1) is 17.1 Å². The summed E-state index contributed by atoms with van der Waals surface area (Å²) in [5, 5.41) is 10.3. The zero-order valence-corrected chi connectivity index (χ0v) is 19.2. The summed E-state index contributed by atoms with van der Waals surface area (Å²) in [4.78, 5) is 4.82. The van der Waals surface area contributed by atoms with Crippen molar-refractivity contribution in [1.82, 2.24) is 9.80 Å². The SMILES string of the molecule is CC(C)N(CCC(C#N)(CCN(C(C)C)C(C)C)c1cccc(F)c1)C(C)C. The van der Waals surface area contributed by atoms with E-state index in [-0.39, 0.29) is 5.82 Å². The average Bonchev–Trinajstić information content (AvgIpc) is 2.59. The van der Waals surface area contributed by atoms with Crippen molar-refractivity contribution in [3.63, 3.8) is 0 Å². The molecule has 158 valence electrons. The molecule has 0 heterocycles. The Morgan fingerprint density at radius 2 is 1.29 bits per heavy atom. The molecule has 0 atom stereocenters. The largest absolute Gasteiger partial charge is 0.298 e. The van der Waals surface area contributed by atoms with Gasteiger partial charge in [-0.1, -0.05) is 12.1 Å². The van der Waals surface area contributed by atoms with Crippen LogP contribution in [0.4, 0.5) is 4.39 Å². The Morgan fingerprint density at radius 3 is 1.61 bits per heavy atom. The minimum atomic E-state index is -0.688. The molecule has 1 rings (SSSR count). The number of benzene rings is 1. The maximum atomic E-state index is 14.0. The fourth-order valence-electron chi connectivity index (χ4n) is 4.24. The first-order valence-corrected chi connectivity index (χ1v) is 10.7. The lowest BCUT2D eigenvalue weighted by Crippen LogP contribution is -2.43. The third kappa shape index (κ3) is 6.57. The molecule has 1 aromatic carbocycles. The lowest BCUT2D eigenvalue weighted by molar-refractivity contribution is 0.142. The molecule has 0 aliphatic heterocycles. The van der Waals surface area contributed by atoms with E-state index in [1.807, 2.05) is 6.07 Å². The normalized spacial score (nSPS) is 12.8. The predicted molar refractivity (Wildman–Crippen MR) is 117 cm³/mol. The summed E-state index contributed by atoms with van der Waals surface area (Å²) in [6.45, 7) is 19.2. The van der Waals surface area contributed by atoms with Gasteiger partial charge in [-0.3, -0.25) is 9.80 Å². The van der Waals surface area contributed by atoms with E-state index in [9.17, 15) is 9.65 Å². The van der Waals surface area contributed by atoms with Gasteiger partial charge in [-0.05, 0) is 85.9 Å². The maximum absolute atomic E-state index is 14.0. The molecule has 0 aliphatic rings. The minimum Gasteiger partial charge on any atom is -0.298 e. The number of hydrogen-bond donors (Lipinski definition) is 0. The molecule has 0 saturated carbocycles. The summed E-state index contributed by atoms with van der Waals surface area (Å²) in [5.41, 5.74) is 0.113. The summed E-state index contributed by atoms with van der Waals surface area (Å²) >= 11 is 0. The highest BCUT2D eigenvalue weighted by atomic mass is 19.1. The van der Waals surface area contributed by atoms with Crippen LogP contribution < -0.4 is 0 Å². The molecule has 0 saturated heterocycles. The maximum Gasteiger partial charge on any atom is 0.123 e. The molecule has 0 fully saturated rings. The van der Waals surface area contributed by atoms with Gasteiger partial charge < -0.3 is 0 Å². The molecule has 1 aromatic rings. The molecule has 0 N–H and O–H groups in total. The molecular weight excluding hydrogens is 349 g/mol. The van der Waals surface area contributed by atoms with Gasteiger partial charge in [0.1, 0.15) is 5.82 Å². The van der Waals surface area contributed by atoms with Crippen molar-refractivity contribution >= 4 is 0 Å². The molecule has 0 amide bonds. The van der Waals surface area contributed by atoms with E-state index >= 15 is 0 Å². The third-order valence-corrected chi connectivity index (χ3v) is 5.84. The van der Waals surface area contributed by atoms with Gasteiger partial charge >= 0.3 is 0 Å². The van der Waals surface area contributed by atoms with Gasteiger partial charge in [-0.15, -0.1) is 0 Å². The molecule has 28 heavy (non-hydrogen) atoms. The van der Waals surface area contributed by atoms with Crippen LogP contribution in [0.2, 0.25) is 0 Å². The second-order valence-electron chi connectivity index (χ2n) is 9.05. The summed E-state index contributed by atoms with van der Waals surface area (Å²) < 4.78 is 14.0. The zero-order valence-electron chi connectivity index (χ0n) is 19.2. The van der Waals surface area contributed by atoms with E-state index in [1.165, 1.54) is 6.07 Å². The Morgan fingerprint density at radius 1 is 0.857 bits per heavy atom. The van der Waals surface area contributed by atoms with Crippen molar-refractivity contribution in [2.45, 2.75) is 97.8 Å². The average molecular weight is 390 g/mol. The highest BCUT2D eigenvalue weighted by molar-refractivity contribution is 5.33. The summed E-state index contributed by atoms with van der Waals surface area (Å²) in [5.74, 6) is -0.272.